The molecule has 8 rings (SSSR count). The van der Waals surface area contributed by atoms with Gasteiger partial charge in [0.25, 0.3) is 11.8 Å². The van der Waals surface area contributed by atoms with E-state index in [0.29, 0.717) is 129 Å². The number of hydrogen-bond donors (Lipinski definition) is 7. The van der Waals surface area contributed by atoms with Gasteiger partial charge in [-0.25, -0.2) is 24.4 Å². The minimum Gasteiger partial charge on any atom is -0.493 e. The number of nitrogens with one attached hydrogen (secondary N) is 6. The number of methoxy groups -OCH3 is 4. The first-order valence-electron chi connectivity index (χ1n) is 33.2. The second kappa shape index (κ2) is 39.1. The fourth-order valence-electron chi connectivity index (χ4n) is 11.2. The number of fused-ring (bicyclic) bond motifs is 5. The lowest BCUT2D eigenvalue weighted by Crippen LogP contribution is -2.54. The fourth-order valence-corrected chi connectivity index (χ4v) is 12.3. The van der Waals surface area contributed by atoms with Crippen LogP contribution in [0, 0.1) is 5.92 Å². The summed E-state index contributed by atoms with van der Waals surface area (Å²) in [6, 6.07) is 16.3. The molecule has 0 saturated carbocycles. The first-order valence-corrected chi connectivity index (χ1v) is 36.0. The molecule has 4 aromatic carbocycles. The Hall–Kier alpha value is -8.89. The zero-order chi connectivity index (χ0) is 74.3. The summed E-state index contributed by atoms with van der Waals surface area (Å²) in [6.07, 6.45) is -0.912. The molecule has 4 heterocycles. The molecule has 0 fully saturated rings. The van der Waals surface area contributed by atoms with Gasteiger partial charge in [-0.3, -0.25) is 24.0 Å². The summed E-state index contributed by atoms with van der Waals surface area (Å²) in [4.78, 5) is 127. The maximum atomic E-state index is 14.6. The summed E-state index contributed by atoms with van der Waals surface area (Å²) in [7, 11) is 8.65. The van der Waals surface area contributed by atoms with Crippen LogP contribution in [-0.2, 0) is 60.1 Å². The zero-order valence-corrected chi connectivity index (χ0v) is 62.5. The average molecular weight is 1580 g/mol. The minimum absolute atomic E-state index is 0.00246. The molecule has 1 aliphatic heterocycles. The minimum atomic E-state index is -0.996. The molecular formula is C70H87Br2ClN12O18. The molecule has 33 heteroatoms. The van der Waals surface area contributed by atoms with Crippen LogP contribution in [0.5, 0.6) is 23.0 Å². The third kappa shape index (κ3) is 20.9. The van der Waals surface area contributed by atoms with E-state index < -0.39 is 59.8 Å². The number of amides is 7. The number of H-pyrrole nitrogens is 2. The van der Waals surface area contributed by atoms with Crippen LogP contribution in [-0.4, -0.2) is 224 Å². The van der Waals surface area contributed by atoms with Crippen molar-refractivity contribution in [3.05, 3.63) is 106 Å². The van der Waals surface area contributed by atoms with E-state index >= 15 is 0 Å². The smallest absolute Gasteiger partial charge is 0.415 e. The van der Waals surface area contributed by atoms with Crippen LogP contribution < -0.4 is 50.8 Å². The van der Waals surface area contributed by atoms with Crippen LogP contribution >= 0.6 is 43.5 Å². The van der Waals surface area contributed by atoms with Crippen molar-refractivity contribution in [2.45, 2.75) is 68.4 Å². The molecule has 0 aliphatic carbocycles. The molecule has 0 saturated heterocycles. The van der Waals surface area contributed by atoms with Gasteiger partial charge in [-0.15, -0.1) is 11.6 Å². The largest absolute Gasteiger partial charge is 0.493 e. The van der Waals surface area contributed by atoms with E-state index in [4.69, 9.17) is 64.7 Å². The van der Waals surface area contributed by atoms with E-state index in [-0.39, 0.29) is 106 Å². The standard InChI is InChI=1S/C70H87Br2ClN12O18/c1-40(2)59(82-57(86)17-22-98-24-26-100-28-29-101-27-25-99-23-19-75-64(87)42-13-16-47-49(30-42)78-53(36-72)52(35-71)77-47)66(89)81-48(10-9-18-74)65(88)76-45-14-11-41(12-15-45)39-102-69(92)83(3)20-21-84(4)70(93)103-55-34-54-58(46-33-51(68(91)97-8)80-61(46)55)44(37-73)38-85(54)67(90)50-31-43-32-56(94-5)62(95-6)63(96-7)60(43)79-50/h11-16,30-34,40,44,48,59,79-80H,9-10,17-29,35-39,74H2,1-8H3,(H,75,87)(H,76,88)(H,81,89)(H,82,86). The highest BCUT2D eigenvalue weighted by atomic mass is 79.9. The lowest BCUT2D eigenvalue weighted by Gasteiger charge is -2.25. The number of nitrogens with two attached hydrogens (primary N) is 1. The Bertz CT molecular complexity index is 4120. The fraction of sp³-hybridized carbons (Fsp3) is 0.457. The van der Waals surface area contributed by atoms with Gasteiger partial charge in [-0.05, 0) is 85.0 Å². The van der Waals surface area contributed by atoms with Crippen molar-refractivity contribution in [3.63, 3.8) is 0 Å². The molecule has 7 aromatic rings. The van der Waals surface area contributed by atoms with Crippen LogP contribution in [0.3, 0.4) is 0 Å². The van der Waals surface area contributed by atoms with Gasteiger partial charge < -0.3 is 99.0 Å². The number of alkyl halides is 3. The molecule has 0 bridgehead atoms. The van der Waals surface area contributed by atoms with Gasteiger partial charge in [-0.2, -0.15) is 0 Å². The molecule has 7 amide bonds. The Morgan fingerprint density at radius 2 is 1.35 bits per heavy atom. The van der Waals surface area contributed by atoms with Crippen molar-refractivity contribution in [1.29, 1.82) is 0 Å². The number of esters is 1. The monoisotopic (exact) mass is 1580 g/mol. The van der Waals surface area contributed by atoms with Gasteiger partial charge in [0.1, 0.15) is 30.1 Å². The number of likely N-dealkylation sites (N-methyl/N-ethyl adjacent to an activating group) is 2. The van der Waals surface area contributed by atoms with Crippen molar-refractivity contribution >= 4 is 135 Å². The lowest BCUT2D eigenvalue weighted by atomic mass is 9.98. The highest BCUT2D eigenvalue weighted by Crippen LogP contribution is 2.48. The van der Waals surface area contributed by atoms with E-state index in [2.05, 4.69) is 73.1 Å². The normalized spacial score (nSPS) is 13.1. The number of hydrogen-bond acceptors (Lipinski definition) is 21. The van der Waals surface area contributed by atoms with Crippen molar-refractivity contribution in [1.82, 2.24) is 45.7 Å². The number of anilines is 2. The third-order valence-electron chi connectivity index (χ3n) is 16.7. The Kier molecular flexibility index (Phi) is 30.3. The molecule has 3 atom stereocenters. The van der Waals surface area contributed by atoms with Crippen LogP contribution in [0.4, 0.5) is 21.0 Å². The average Bonchev–Trinajstić information content (AvgIpc) is 1.58. The van der Waals surface area contributed by atoms with Crippen LogP contribution in [0.2, 0.25) is 0 Å². The van der Waals surface area contributed by atoms with Crippen LogP contribution in [0.1, 0.15) is 92.9 Å². The van der Waals surface area contributed by atoms with Gasteiger partial charge in [0.05, 0.1) is 120 Å². The molecule has 0 radical (unpaired) electrons. The van der Waals surface area contributed by atoms with Crippen molar-refractivity contribution in [2.24, 2.45) is 11.7 Å². The van der Waals surface area contributed by atoms with Gasteiger partial charge in [0.15, 0.2) is 17.2 Å². The summed E-state index contributed by atoms with van der Waals surface area (Å²) in [5, 5.41) is 13.5. The number of rotatable bonds is 39. The molecule has 3 unspecified atom stereocenters. The van der Waals surface area contributed by atoms with E-state index in [1.807, 2.05) is 0 Å². The van der Waals surface area contributed by atoms with Crippen molar-refractivity contribution < 1.29 is 85.7 Å². The van der Waals surface area contributed by atoms with Gasteiger partial charge in [0, 0.05) is 97.2 Å². The molecule has 0 spiro atoms. The van der Waals surface area contributed by atoms with E-state index in [1.165, 1.54) is 57.2 Å². The predicted molar refractivity (Wildman–Crippen MR) is 391 cm³/mol. The summed E-state index contributed by atoms with van der Waals surface area (Å²) in [6.45, 7) is 6.32. The van der Waals surface area contributed by atoms with Gasteiger partial charge >= 0.3 is 18.2 Å². The zero-order valence-electron chi connectivity index (χ0n) is 58.6. The molecule has 103 heavy (non-hydrogen) atoms. The summed E-state index contributed by atoms with van der Waals surface area (Å²) in [5.41, 5.74) is 12.4. The number of nitrogens with zero attached hydrogens (tertiary/aromatic N) is 5. The van der Waals surface area contributed by atoms with Gasteiger partial charge in [-0.1, -0.05) is 57.8 Å². The lowest BCUT2D eigenvalue weighted by molar-refractivity contribution is -0.132. The number of aromatic nitrogens is 4. The maximum Gasteiger partial charge on any atom is 0.415 e. The van der Waals surface area contributed by atoms with Gasteiger partial charge in [0.2, 0.25) is 23.5 Å². The van der Waals surface area contributed by atoms with E-state index in [0.717, 1.165) is 11.4 Å². The molecule has 30 nitrogen and oxygen atoms in total. The first kappa shape index (κ1) is 79.8. The second-order valence-electron chi connectivity index (χ2n) is 24.1. The Morgan fingerprint density at radius 3 is 1.97 bits per heavy atom. The highest BCUT2D eigenvalue weighted by Gasteiger charge is 2.38. The molecular weight excluding hydrogens is 1490 g/mol. The number of carbonyl (C=O) groups is 8. The Labute approximate surface area is 616 Å². The molecule has 8 N–H and O–H groups in total. The predicted octanol–water partition coefficient (Wildman–Crippen LogP) is 8.07. The molecule has 3 aromatic heterocycles. The second-order valence-corrected chi connectivity index (χ2v) is 25.5. The number of aromatic amines is 2. The number of carbonyl (C=O) groups excluding carboxylic acids is 8. The van der Waals surface area contributed by atoms with Crippen LogP contribution in [0.25, 0.3) is 32.8 Å². The van der Waals surface area contributed by atoms with Crippen molar-refractivity contribution in [2.75, 3.05) is 144 Å². The molecule has 1 aliphatic rings. The van der Waals surface area contributed by atoms with E-state index in [1.54, 1.807) is 80.6 Å². The number of ether oxygens (including phenoxy) is 10. The summed E-state index contributed by atoms with van der Waals surface area (Å²) < 4.78 is 55.6. The van der Waals surface area contributed by atoms with E-state index in [9.17, 15) is 38.4 Å². The highest BCUT2D eigenvalue weighted by molar-refractivity contribution is 9.09. The van der Waals surface area contributed by atoms with Crippen LogP contribution in [0.15, 0.2) is 66.7 Å². The topological polar surface area (TPSA) is 370 Å². The molecule has 556 valence electrons. The third-order valence-corrected chi connectivity index (χ3v) is 18.1. The maximum absolute atomic E-state index is 14.6. The van der Waals surface area contributed by atoms with Crippen molar-refractivity contribution in [3.8, 4) is 23.0 Å². The summed E-state index contributed by atoms with van der Waals surface area (Å²) >= 11 is 13.5. The Balaban J connectivity index is 0.726. The summed E-state index contributed by atoms with van der Waals surface area (Å²) in [5.74, 6) is -2.41. The Morgan fingerprint density at radius 1 is 0.709 bits per heavy atom. The number of benzene rings is 4. The quantitative estimate of drug-likeness (QED) is 0.0109. The number of halogens is 3. The first-order chi connectivity index (χ1) is 49.7. The SMILES string of the molecule is COC(=O)c1cc2c3c(cc(OC(=O)N(C)CCN(C)C(=O)OCc4ccc(NC(=O)C(CCCN)NC(=O)C(NC(=O)CCOCCOCCOCCOCCNC(=O)c5ccc6nc(CBr)c(CBr)nc6c5)C(C)C)cc4)c2[nH]1)N(C(=O)c1cc2cc(OC)c(OC)c(OC)c2[nH]1)CC3CCl.